The SMILES string of the molecule is C#CC(C)NCc1ccccc1OC(C)C. The first-order chi connectivity index (χ1) is 7.63. The number of benzene rings is 1. The first-order valence-corrected chi connectivity index (χ1v) is 5.57. The minimum Gasteiger partial charge on any atom is -0.491 e. The number of nitrogens with one attached hydrogen (secondary N) is 1. The van der Waals surface area contributed by atoms with Crippen LogP contribution in [0.25, 0.3) is 0 Å². The van der Waals surface area contributed by atoms with Crippen molar-refractivity contribution in [2.75, 3.05) is 0 Å². The Labute approximate surface area is 98.0 Å². The average molecular weight is 217 g/mol. The number of hydrogen-bond acceptors (Lipinski definition) is 2. The van der Waals surface area contributed by atoms with Crippen LogP contribution in [0.3, 0.4) is 0 Å². The Hall–Kier alpha value is -1.46. The van der Waals surface area contributed by atoms with Gasteiger partial charge in [-0.05, 0) is 26.8 Å². The predicted octanol–water partition coefficient (Wildman–Crippen LogP) is 2.59. The maximum absolute atomic E-state index is 5.72. The highest BCUT2D eigenvalue weighted by molar-refractivity contribution is 5.33. The molecule has 0 saturated carbocycles. The first kappa shape index (κ1) is 12.6. The molecule has 0 radical (unpaired) electrons. The Kier molecular flexibility index (Phi) is 4.88. The lowest BCUT2D eigenvalue weighted by Gasteiger charge is -2.15. The van der Waals surface area contributed by atoms with E-state index in [9.17, 15) is 0 Å². The largest absolute Gasteiger partial charge is 0.491 e. The van der Waals surface area contributed by atoms with Crippen LogP contribution in [0.5, 0.6) is 5.75 Å². The molecular formula is C14H19NO. The quantitative estimate of drug-likeness (QED) is 0.765. The molecule has 0 amide bonds. The molecule has 86 valence electrons. The van der Waals surface area contributed by atoms with E-state index in [1.54, 1.807) is 0 Å². The molecule has 0 aromatic heterocycles. The molecule has 0 fully saturated rings. The molecule has 2 heteroatoms. The van der Waals surface area contributed by atoms with Crippen LogP contribution in [0.4, 0.5) is 0 Å². The minimum absolute atomic E-state index is 0.0760. The van der Waals surface area contributed by atoms with E-state index in [2.05, 4.69) is 11.2 Å². The van der Waals surface area contributed by atoms with Gasteiger partial charge in [0, 0.05) is 12.1 Å². The van der Waals surface area contributed by atoms with Crippen LogP contribution in [-0.2, 0) is 6.54 Å². The summed E-state index contributed by atoms with van der Waals surface area (Å²) in [5, 5.41) is 3.25. The molecule has 1 unspecified atom stereocenters. The van der Waals surface area contributed by atoms with Crippen LogP contribution in [0.15, 0.2) is 24.3 Å². The van der Waals surface area contributed by atoms with Crippen LogP contribution >= 0.6 is 0 Å². The Morgan fingerprint density at radius 3 is 2.62 bits per heavy atom. The van der Waals surface area contributed by atoms with Gasteiger partial charge in [-0.1, -0.05) is 24.1 Å². The number of hydrogen-bond donors (Lipinski definition) is 1. The highest BCUT2D eigenvalue weighted by Gasteiger charge is 2.05. The summed E-state index contributed by atoms with van der Waals surface area (Å²) in [4.78, 5) is 0. The van der Waals surface area contributed by atoms with Gasteiger partial charge in [0.2, 0.25) is 0 Å². The summed E-state index contributed by atoms with van der Waals surface area (Å²) in [7, 11) is 0. The second-order valence-corrected chi connectivity index (χ2v) is 4.04. The van der Waals surface area contributed by atoms with Gasteiger partial charge in [-0.15, -0.1) is 6.42 Å². The average Bonchev–Trinajstić information content (AvgIpc) is 2.26. The van der Waals surface area contributed by atoms with Crippen molar-refractivity contribution >= 4 is 0 Å². The van der Waals surface area contributed by atoms with Gasteiger partial charge in [0.15, 0.2) is 0 Å². The van der Waals surface area contributed by atoms with Crippen molar-refractivity contribution in [2.45, 2.75) is 39.5 Å². The lowest BCUT2D eigenvalue weighted by Crippen LogP contribution is -2.24. The Bertz CT molecular complexity index is 365. The molecule has 1 rings (SSSR count). The molecule has 2 nitrogen and oxygen atoms in total. The number of ether oxygens (including phenoxy) is 1. The summed E-state index contributed by atoms with van der Waals surface area (Å²) < 4.78 is 5.72. The normalized spacial score (nSPS) is 12.2. The van der Waals surface area contributed by atoms with E-state index in [0.717, 1.165) is 17.9 Å². The molecule has 0 bridgehead atoms. The van der Waals surface area contributed by atoms with Crippen LogP contribution in [0, 0.1) is 12.3 Å². The highest BCUT2D eigenvalue weighted by Crippen LogP contribution is 2.19. The zero-order valence-electron chi connectivity index (χ0n) is 10.2. The van der Waals surface area contributed by atoms with E-state index in [1.807, 2.05) is 45.0 Å². The fourth-order valence-electron chi connectivity index (χ4n) is 1.34. The van der Waals surface area contributed by atoms with Gasteiger partial charge in [0.25, 0.3) is 0 Å². The molecule has 1 aromatic rings. The summed E-state index contributed by atoms with van der Waals surface area (Å²) in [6.07, 6.45) is 5.50. The fraction of sp³-hybridized carbons (Fsp3) is 0.429. The maximum atomic E-state index is 5.72. The third-order valence-corrected chi connectivity index (χ3v) is 2.18. The topological polar surface area (TPSA) is 21.3 Å². The van der Waals surface area contributed by atoms with Crippen LogP contribution in [-0.4, -0.2) is 12.1 Å². The minimum atomic E-state index is 0.0760. The lowest BCUT2D eigenvalue weighted by atomic mass is 10.2. The summed E-state index contributed by atoms with van der Waals surface area (Å²) in [5.41, 5.74) is 1.14. The molecule has 0 aliphatic heterocycles. The van der Waals surface area contributed by atoms with Gasteiger partial charge >= 0.3 is 0 Å². The van der Waals surface area contributed by atoms with Gasteiger partial charge in [0.1, 0.15) is 5.75 Å². The zero-order chi connectivity index (χ0) is 12.0. The van der Waals surface area contributed by atoms with E-state index in [-0.39, 0.29) is 12.1 Å². The number of para-hydroxylation sites is 1. The summed E-state index contributed by atoms with van der Waals surface area (Å²) in [6.45, 7) is 6.74. The van der Waals surface area contributed by atoms with Crippen LogP contribution in [0.1, 0.15) is 26.3 Å². The lowest BCUT2D eigenvalue weighted by molar-refractivity contribution is 0.239. The molecule has 0 spiro atoms. The third kappa shape index (κ3) is 3.96. The molecule has 0 aliphatic carbocycles. The van der Waals surface area contributed by atoms with Gasteiger partial charge in [-0.2, -0.15) is 0 Å². The zero-order valence-corrected chi connectivity index (χ0v) is 10.2. The van der Waals surface area contributed by atoms with Gasteiger partial charge in [0.05, 0.1) is 12.1 Å². The number of terminal acetylenes is 1. The van der Waals surface area contributed by atoms with Crippen molar-refractivity contribution in [3.8, 4) is 18.1 Å². The molecular weight excluding hydrogens is 198 g/mol. The smallest absolute Gasteiger partial charge is 0.124 e. The molecule has 0 saturated heterocycles. The summed E-state index contributed by atoms with van der Waals surface area (Å²) in [6, 6.07) is 8.09. The van der Waals surface area contributed by atoms with E-state index >= 15 is 0 Å². The molecule has 1 N–H and O–H groups in total. The molecule has 0 aliphatic rings. The predicted molar refractivity (Wildman–Crippen MR) is 67.3 cm³/mol. The molecule has 0 heterocycles. The Balaban J connectivity index is 2.68. The van der Waals surface area contributed by atoms with Crippen molar-refractivity contribution in [3.05, 3.63) is 29.8 Å². The second-order valence-electron chi connectivity index (χ2n) is 4.04. The first-order valence-electron chi connectivity index (χ1n) is 5.57. The Morgan fingerprint density at radius 2 is 2.00 bits per heavy atom. The van der Waals surface area contributed by atoms with Crippen LogP contribution < -0.4 is 10.1 Å². The van der Waals surface area contributed by atoms with E-state index in [0.29, 0.717) is 0 Å². The highest BCUT2D eigenvalue weighted by atomic mass is 16.5. The van der Waals surface area contributed by atoms with E-state index < -0.39 is 0 Å². The van der Waals surface area contributed by atoms with Crippen molar-refractivity contribution in [3.63, 3.8) is 0 Å². The summed E-state index contributed by atoms with van der Waals surface area (Å²) in [5.74, 6) is 3.57. The fourth-order valence-corrected chi connectivity index (χ4v) is 1.34. The maximum Gasteiger partial charge on any atom is 0.124 e. The molecule has 1 aromatic carbocycles. The number of rotatable bonds is 5. The summed E-state index contributed by atoms with van der Waals surface area (Å²) >= 11 is 0. The monoisotopic (exact) mass is 217 g/mol. The van der Waals surface area contributed by atoms with E-state index in [1.165, 1.54) is 0 Å². The molecule has 16 heavy (non-hydrogen) atoms. The third-order valence-electron chi connectivity index (χ3n) is 2.18. The Morgan fingerprint density at radius 1 is 1.31 bits per heavy atom. The standard InChI is InChI=1S/C14H19NO/c1-5-12(4)15-10-13-8-6-7-9-14(13)16-11(2)3/h1,6-9,11-12,15H,10H2,2-4H3. The molecule has 1 atom stereocenters. The van der Waals surface area contributed by atoms with E-state index in [4.69, 9.17) is 11.2 Å². The van der Waals surface area contributed by atoms with Crippen molar-refractivity contribution in [2.24, 2.45) is 0 Å². The van der Waals surface area contributed by atoms with Crippen molar-refractivity contribution in [1.29, 1.82) is 0 Å². The van der Waals surface area contributed by atoms with Gasteiger partial charge < -0.3 is 4.74 Å². The van der Waals surface area contributed by atoms with Crippen molar-refractivity contribution < 1.29 is 4.74 Å². The van der Waals surface area contributed by atoms with Gasteiger partial charge in [-0.3, -0.25) is 5.32 Å². The van der Waals surface area contributed by atoms with Gasteiger partial charge in [-0.25, -0.2) is 0 Å². The van der Waals surface area contributed by atoms with Crippen LogP contribution in [0.2, 0.25) is 0 Å². The van der Waals surface area contributed by atoms with Crippen molar-refractivity contribution in [1.82, 2.24) is 5.32 Å². The second kappa shape index (κ2) is 6.19.